The van der Waals surface area contributed by atoms with Crippen LogP contribution in [0.15, 0.2) is 24.3 Å². The van der Waals surface area contributed by atoms with Gasteiger partial charge in [-0.05, 0) is 37.3 Å². The molecular formula is C16H28N2. The van der Waals surface area contributed by atoms with Crippen LogP contribution < -0.4 is 10.6 Å². The zero-order valence-electron chi connectivity index (χ0n) is 12.5. The molecule has 0 aliphatic carbocycles. The maximum atomic E-state index is 6.21. The molecule has 0 fully saturated rings. The number of hydrogen-bond donors (Lipinski definition) is 1. The average Bonchev–Trinajstić information content (AvgIpc) is 2.36. The zero-order valence-corrected chi connectivity index (χ0v) is 12.5. The van der Waals surface area contributed by atoms with Gasteiger partial charge in [0.25, 0.3) is 0 Å². The molecule has 2 heteroatoms. The molecule has 102 valence electrons. The molecule has 18 heavy (non-hydrogen) atoms. The van der Waals surface area contributed by atoms with Crippen molar-refractivity contribution in [2.75, 3.05) is 11.9 Å². The molecule has 1 aromatic carbocycles. The summed E-state index contributed by atoms with van der Waals surface area (Å²) in [5.74, 6) is 0.717. The quantitative estimate of drug-likeness (QED) is 0.825. The van der Waals surface area contributed by atoms with Gasteiger partial charge in [-0.25, -0.2) is 0 Å². The van der Waals surface area contributed by atoms with Gasteiger partial charge in [-0.3, -0.25) is 0 Å². The van der Waals surface area contributed by atoms with E-state index in [1.807, 2.05) is 0 Å². The van der Waals surface area contributed by atoms with E-state index in [1.54, 1.807) is 0 Å². The van der Waals surface area contributed by atoms with Gasteiger partial charge < -0.3 is 10.6 Å². The Hall–Kier alpha value is -1.02. The topological polar surface area (TPSA) is 29.3 Å². The molecule has 0 radical (unpaired) electrons. The highest BCUT2D eigenvalue weighted by molar-refractivity contribution is 5.55. The number of rotatable bonds is 6. The van der Waals surface area contributed by atoms with Gasteiger partial charge in [0.15, 0.2) is 0 Å². The highest BCUT2D eigenvalue weighted by Gasteiger charge is 2.16. The summed E-state index contributed by atoms with van der Waals surface area (Å²) >= 11 is 0. The fourth-order valence-corrected chi connectivity index (χ4v) is 2.42. The van der Waals surface area contributed by atoms with Crippen LogP contribution in [0.2, 0.25) is 0 Å². The monoisotopic (exact) mass is 248 g/mol. The molecule has 0 aliphatic rings. The zero-order chi connectivity index (χ0) is 13.7. The summed E-state index contributed by atoms with van der Waals surface area (Å²) in [5.41, 5.74) is 8.75. The molecule has 0 amide bonds. The smallest absolute Gasteiger partial charge is 0.0414 e. The highest BCUT2D eigenvalue weighted by atomic mass is 15.1. The minimum atomic E-state index is 0.134. The van der Waals surface area contributed by atoms with Gasteiger partial charge in [-0.15, -0.1) is 0 Å². The first kappa shape index (κ1) is 15.0. The Morgan fingerprint density at radius 1 is 1.17 bits per heavy atom. The number of nitrogens with two attached hydrogens (primary N) is 1. The summed E-state index contributed by atoms with van der Waals surface area (Å²) in [6.07, 6.45) is 2.18. The van der Waals surface area contributed by atoms with Crippen LogP contribution in [-0.2, 0) is 0 Å². The molecule has 0 aromatic heterocycles. The molecule has 1 aromatic rings. The van der Waals surface area contributed by atoms with Crippen LogP contribution in [0.5, 0.6) is 0 Å². The minimum absolute atomic E-state index is 0.134. The first-order chi connectivity index (χ1) is 8.47. The van der Waals surface area contributed by atoms with Gasteiger partial charge in [0.1, 0.15) is 0 Å². The Morgan fingerprint density at radius 2 is 1.78 bits per heavy atom. The van der Waals surface area contributed by atoms with Crippen LogP contribution in [0.3, 0.4) is 0 Å². The van der Waals surface area contributed by atoms with Gasteiger partial charge in [-0.1, -0.05) is 39.0 Å². The Labute approximate surface area is 112 Å². The normalized spacial score (nSPS) is 14.6. The standard InChI is InChI=1S/C16H28N2/c1-6-15(17)14-9-7-8-10-16(14)18(5)13(4)11-12(2)3/h7-10,12-13,15H,6,11,17H2,1-5H3. The van der Waals surface area contributed by atoms with E-state index in [4.69, 9.17) is 5.73 Å². The van der Waals surface area contributed by atoms with E-state index >= 15 is 0 Å². The SMILES string of the molecule is CCC(N)c1ccccc1N(C)C(C)CC(C)C. The molecule has 0 heterocycles. The number of hydrogen-bond acceptors (Lipinski definition) is 2. The third kappa shape index (κ3) is 3.74. The first-order valence-corrected chi connectivity index (χ1v) is 7.04. The lowest BCUT2D eigenvalue weighted by atomic mass is 9.99. The molecule has 0 saturated carbocycles. The van der Waals surface area contributed by atoms with Crippen LogP contribution in [0.25, 0.3) is 0 Å². The molecular weight excluding hydrogens is 220 g/mol. The first-order valence-electron chi connectivity index (χ1n) is 7.04. The Balaban J connectivity index is 2.94. The molecule has 0 bridgehead atoms. The van der Waals surface area contributed by atoms with Crippen LogP contribution in [0.4, 0.5) is 5.69 Å². The summed E-state index contributed by atoms with van der Waals surface area (Å²) in [5, 5.41) is 0. The minimum Gasteiger partial charge on any atom is -0.372 e. The van der Waals surface area contributed by atoms with Crippen LogP contribution in [0.1, 0.15) is 52.1 Å². The molecule has 2 nitrogen and oxygen atoms in total. The Kier molecular flexibility index (Phi) is 5.67. The predicted molar refractivity (Wildman–Crippen MR) is 81.0 cm³/mol. The van der Waals surface area contributed by atoms with E-state index in [-0.39, 0.29) is 6.04 Å². The van der Waals surface area contributed by atoms with Gasteiger partial charge in [0.05, 0.1) is 0 Å². The fourth-order valence-electron chi connectivity index (χ4n) is 2.42. The number of anilines is 1. The molecule has 0 spiro atoms. The molecule has 0 aliphatic heterocycles. The second kappa shape index (κ2) is 6.79. The van der Waals surface area contributed by atoms with Crippen LogP contribution >= 0.6 is 0 Å². The maximum Gasteiger partial charge on any atom is 0.0414 e. The predicted octanol–water partition coefficient (Wildman–Crippen LogP) is 3.97. The van der Waals surface area contributed by atoms with Crippen molar-refractivity contribution >= 4 is 5.69 Å². The van der Waals surface area contributed by atoms with Crippen molar-refractivity contribution in [3.05, 3.63) is 29.8 Å². The van der Waals surface area contributed by atoms with E-state index in [2.05, 4.69) is 63.9 Å². The molecule has 2 unspecified atom stereocenters. The molecule has 2 N–H and O–H groups in total. The summed E-state index contributed by atoms with van der Waals surface area (Å²) < 4.78 is 0. The van der Waals surface area contributed by atoms with Gasteiger partial charge >= 0.3 is 0 Å². The van der Waals surface area contributed by atoms with Crippen molar-refractivity contribution < 1.29 is 0 Å². The lowest BCUT2D eigenvalue weighted by Gasteiger charge is -2.31. The van der Waals surface area contributed by atoms with E-state index in [0.717, 1.165) is 12.3 Å². The summed E-state index contributed by atoms with van der Waals surface area (Å²) in [6.45, 7) is 8.97. The van der Waals surface area contributed by atoms with Crippen LogP contribution in [-0.4, -0.2) is 13.1 Å². The second-order valence-corrected chi connectivity index (χ2v) is 5.66. The third-order valence-corrected chi connectivity index (χ3v) is 3.63. The lowest BCUT2D eigenvalue weighted by molar-refractivity contribution is 0.502. The summed E-state index contributed by atoms with van der Waals surface area (Å²) in [7, 11) is 2.17. The number of nitrogens with zero attached hydrogens (tertiary/aromatic N) is 1. The van der Waals surface area contributed by atoms with Crippen molar-refractivity contribution in [3.8, 4) is 0 Å². The molecule has 2 atom stereocenters. The van der Waals surface area contributed by atoms with Crippen molar-refractivity contribution in [3.63, 3.8) is 0 Å². The Morgan fingerprint density at radius 3 is 2.33 bits per heavy atom. The van der Waals surface area contributed by atoms with Crippen LogP contribution in [0, 0.1) is 5.92 Å². The second-order valence-electron chi connectivity index (χ2n) is 5.66. The third-order valence-electron chi connectivity index (χ3n) is 3.63. The maximum absolute atomic E-state index is 6.21. The largest absolute Gasteiger partial charge is 0.372 e. The van der Waals surface area contributed by atoms with Gasteiger partial charge in [-0.2, -0.15) is 0 Å². The van der Waals surface area contributed by atoms with E-state index in [0.29, 0.717) is 6.04 Å². The van der Waals surface area contributed by atoms with Crippen molar-refractivity contribution in [1.29, 1.82) is 0 Å². The van der Waals surface area contributed by atoms with Gasteiger partial charge in [0.2, 0.25) is 0 Å². The van der Waals surface area contributed by atoms with E-state index in [9.17, 15) is 0 Å². The number of benzene rings is 1. The summed E-state index contributed by atoms with van der Waals surface area (Å²) in [4.78, 5) is 2.37. The molecule has 1 rings (SSSR count). The van der Waals surface area contributed by atoms with E-state index < -0.39 is 0 Å². The van der Waals surface area contributed by atoms with Crippen molar-refractivity contribution in [1.82, 2.24) is 0 Å². The summed E-state index contributed by atoms with van der Waals surface area (Å²) in [6, 6.07) is 9.18. The number of para-hydroxylation sites is 1. The highest BCUT2D eigenvalue weighted by Crippen LogP contribution is 2.28. The molecule has 0 saturated heterocycles. The van der Waals surface area contributed by atoms with E-state index in [1.165, 1.54) is 17.7 Å². The fraction of sp³-hybridized carbons (Fsp3) is 0.625. The van der Waals surface area contributed by atoms with Gasteiger partial charge in [0, 0.05) is 24.8 Å². The van der Waals surface area contributed by atoms with Crippen molar-refractivity contribution in [2.45, 2.75) is 52.6 Å². The Bertz CT molecular complexity index is 360. The average molecular weight is 248 g/mol. The lowest BCUT2D eigenvalue weighted by Crippen LogP contribution is -2.31. The van der Waals surface area contributed by atoms with Crippen molar-refractivity contribution in [2.24, 2.45) is 11.7 Å².